The SMILES string of the molecule is CCCC(=O)C(CC)(CC(C)CC)OC. The van der Waals surface area contributed by atoms with Gasteiger partial charge in [-0.1, -0.05) is 34.1 Å². The number of ether oxygens (including phenoxy) is 1. The second kappa shape index (κ2) is 7.00. The van der Waals surface area contributed by atoms with Gasteiger partial charge in [0.1, 0.15) is 5.60 Å². The second-order valence-corrected chi connectivity index (χ2v) is 4.44. The Kier molecular flexibility index (Phi) is 6.82. The standard InChI is InChI=1S/C13H26O2/c1-6-9-12(14)13(8-3,15-5)10-11(4)7-2/h11H,6-10H2,1-5H3. The molecule has 0 radical (unpaired) electrons. The van der Waals surface area contributed by atoms with Gasteiger partial charge in [-0.2, -0.15) is 0 Å². The zero-order valence-corrected chi connectivity index (χ0v) is 10.9. The van der Waals surface area contributed by atoms with E-state index in [-0.39, 0.29) is 5.78 Å². The van der Waals surface area contributed by atoms with E-state index in [1.165, 1.54) is 0 Å². The number of ketones is 1. The van der Waals surface area contributed by atoms with Gasteiger partial charge in [-0.05, 0) is 25.2 Å². The van der Waals surface area contributed by atoms with Crippen LogP contribution < -0.4 is 0 Å². The van der Waals surface area contributed by atoms with Crippen molar-refractivity contribution in [2.75, 3.05) is 7.11 Å². The Morgan fingerprint density at radius 1 is 1.33 bits per heavy atom. The lowest BCUT2D eigenvalue weighted by molar-refractivity contribution is -0.144. The molecule has 0 saturated heterocycles. The van der Waals surface area contributed by atoms with Gasteiger partial charge in [0.2, 0.25) is 0 Å². The molecule has 2 nitrogen and oxygen atoms in total. The molecule has 0 spiro atoms. The molecule has 0 rings (SSSR count). The highest BCUT2D eigenvalue weighted by molar-refractivity contribution is 5.87. The lowest BCUT2D eigenvalue weighted by Crippen LogP contribution is -2.41. The van der Waals surface area contributed by atoms with Gasteiger partial charge in [0.05, 0.1) is 0 Å². The first kappa shape index (κ1) is 14.6. The van der Waals surface area contributed by atoms with Crippen molar-refractivity contribution in [3.8, 4) is 0 Å². The van der Waals surface area contributed by atoms with Gasteiger partial charge in [-0.15, -0.1) is 0 Å². The van der Waals surface area contributed by atoms with Crippen LogP contribution in [0.1, 0.15) is 59.8 Å². The van der Waals surface area contributed by atoms with Gasteiger partial charge in [0, 0.05) is 13.5 Å². The summed E-state index contributed by atoms with van der Waals surface area (Å²) >= 11 is 0. The van der Waals surface area contributed by atoms with Gasteiger partial charge < -0.3 is 4.74 Å². The van der Waals surface area contributed by atoms with E-state index in [9.17, 15) is 4.79 Å². The molecule has 0 N–H and O–H groups in total. The molecule has 0 aliphatic rings. The van der Waals surface area contributed by atoms with E-state index >= 15 is 0 Å². The fraction of sp³-hybridized carbons (Fsp3) is 0.923. The molecule has 90 valence electrons. The van der Waals surface area contributed by atoms with Crippen LogP contribution in [0.5, 0.6) is 0 Å². The fourth-order valence-corrected chi connectivity index (χ4v) is 1.96. The monoisotopic (exact) mass is 214 g/mol. The number of Topliss-reactive ketones (excluding diaryl/α,β-unsaturated/α-hetero) is 1. The highest BCUT2D eigenvalue weighted by atomic mass is 16.5. The molecule has 0 heterocycles. The van der Waals surface area contributed by atoms with Crippen molar-refractivity contribution < 1.29 is 9.53 Å². The molecular weight excluding hydrogens is 188 g/mol. The Balaban J connectivity index is 4.63. The number of rotatable bonds is 8. The predicted molar refractivity (Wildman–Crippen MR) is 64.0 cm³/mol. The van der Waals surface area contributed by atoms with Crippen LogP contribution in [-0.4, -0.2) is 18.5 Å². The van der Waals surface area contributed by atoms with Crippen LogP contribution in [-0.2, 0) is 9.53 Å². The molecule has 0 aliphatic carbocycles. The third kappa shape index (κ3) is 3.94. The van der Waals surface area contributed by atoms with Crippen LogP contribution >= 0.6 is 0 Å². The largest absolute Gasteiger partial charge is 0.370 e. The van der Waals surface area contributed by atoms with Gasteiger partial charge in [-0.25, -0.2) is 0 Å². The van der Waals surface area contributed by atoms with Crippen molar-refractivity contribution >= 4 is 5.78 Å². The van der Waals surface area contributed by atoms with E-state index in [0.29, 0.717) is 12.3 Å². The molecule has 0 saturated carbocycles. The molecule has 0 fully saturated rings. The molecule has 0 aromatic heterocycles. The predicted octanol–water partition coefficient (Wildman–Crippen LogP) is 3.59. The Morgan fingerprint density at radius 2 is 1.93 bits per heavy atom. The van der Waals surface area contributed by atoms with Crippen LogP contribution in [0, 0.1) is 5.92 Å². The normalized spacial score (nSPS) is 17.1. The summed E-state index contributed by atoms with van der Waals surface area (Å²) in [5.74, 6) is 0.820. The third-order valence-corrected chi connectivity index (χ3v) is 3.32. The zero-order valence-electron chi connectivity index (χ0n) is 10.9. The van der Waals surface area contributed by atoms with Crippen molar-refractivity contribution in [3.63, 3.8) is 0 Å². The number of hydrogen-bond donors (Lipinski definition) is 0. The van der Waals surface area contributed by atoms with E-state index < -0.39 is 5.60 Å². The minimum absolute atomic E-state index is 0.273. The Labute approximate surface area is 94.4 Å². The second-order valence-electron chi connectivity index (χ2n) is 4.44. The minimum Gasteiger partial charge on any atom is -0.370 e. The molecule has 0 aromatic carbocycles. The van der Waals surface area contributed by atoms with Crippen molar-refractivity contribution in [3.05, 3.63) is 0 Å². The maximum Gasteiger partial charge on any atom is 0.164 e. The van der Waals surface area contributed by atoms with E-state index in [2.05, 4.69) is 13.8 Å². The van der Waals surface area contributed by atoms with Gasteiger partial charge in [-0.3, -0.25) is 4.79 Å². The summed E-state index contributed by atoms with van der Waals surface area (Å²) in [6.45, 7) is 8.42. The van der Waals surface area contributed by atoms with Crippen LogP contribution in [0.15, 0.2) is 0 Å². The summed E-state index contributed by atoms with van der Waals surface area (Å²) < 4.78 is 5.52. The van der Waals surface area contributed by atoms with E-state index in [0.717, 1.165) is 25.7 Å². The first-order chi connectivity index (χ1) is 7.06. The quantitative estimate of drug-likeness (QED) is 0.617. The highest BCUT2D eigenvalue weighted by Gasteiger charge is 2.36. The van der Waals surface area contributed by atoms with Crippen molar-refractivity contribution in [2.24, 2.45) is 5.92 Å². The number of carbonyl (C=O) groups excluding carboxylic acids is 1. The molecular formula is C13H26O2. The summed E-state index contributed by atoms with van der Waals surface area (Å²) in [7, 11) is 1.67. The summed E-state index contributed by atoms with van der Waals surface area (Å²) in [5, 5.41) is 0. The minimum atomic E-state index is -0.522. The first-order valence-corrected chi connectivity index (χ1v) is 6.14. The van der Waals surface area contributed by atoms with Crippen LogP contribution in [0.3, 0.4) is 0 Å². The summed E-state index contributed by atoms with van der Waals surface area (Å²) in [6.07, 6.45) is 4.29. The smallest absolute Gasteiger partial charge is 0.164 e. The van der Waals surface area contributed by atoms with Gasteiger partial charge in [0.15, 0.2) is 5.78 Å². The van der Waals surface area contributed by atoms with E-state index in [1.807, 2.05) is 13.8 Å². The van der Waals surface area contributed by atoms with Crippen LogP contribution in [0.2, 0.25) is 0 Å². The van der Waals surface area contributed by atoms with Crippen molar-refractivity contribution in [1.82, 2.24) is 0 Å². The molecule has 2 heteroatoms. The maximum atomic E-state index is 12.1. The average molecular weight is 214 g/mol. The fourth-order valence-electron chi connectivity index (χ4n) is 1.96. The molecule has 0 aromatic rings. The Hall–Kier alpha value is -0.370. The zero-order chi connectivity index (χ0) is 11.9. The summed E-state index contributed by atoms with van der Waals surface area (Å²) in [4.78, 5) is 12.1. The summed E-state index contributed by atoms with van der Waals surface area (Å²) in [5.41, 5.74) is -0.522. The number of carbonyl (C=O) groups is 1. The number of hydrogen-bond acceptors (Lipinski definition) is 2. The molecule has 0 aliphatic heterocycles. The average Bonchev–Trinajstić information content (AvgIpc) is 2.26. The summed E-state index contributed by atoms with van der Waals surface area (Å²) in [6, 6.07) is 0. The van der Waals surface area contributed by atoms with Gasteiger partial charge in [0.25, 0.3) is 0 Å². The van der Waals surface area contributed by atoms with Crippen molar-refractivity contribution in [1.29, 1.82) is 0 Å². The molecule has 2 unspecified atom stereocenters. The van der Waals surface area contributed by atoms with Crippen LogP contribution in [0.4, 0.5) is 0 Å². The van der Waals surface area contributed by atoms with Crippen LogP contribution in [0.25, 0.3) is 0 Å². The molecule has 15 heavy (non-hydrogen) atoms. The Morgan fingerprint density at radius 3 is 2.27 bits per heavy atom. The van der Waals surface area contributed by atoms with Crippen molar-refractivity contribution in [2.45, 2.75) is 65.4 Å². The highest BCUT2D eigenvalue weighted by Crippen LogP contribution is 2.28. The third-order valence-electron chi connectivity index (χ3n) is 3.32. The topological polar surface area (TPSA) is 26.3 Å². The molecule has 2 atom stereocenters. The lowest BCUT2D eigenvalue weighted by atomic mass is 9.83. The lowest BCUT2D eigenvalue weighted by Gasteiger charge is -2.32. The first-order valence-electron chi connectivity index (χ1n) is 6.14. The van der Waals surface area contributed by atoms with Gasteiger partial charge >= 0.3 is 0 Å². The maximum absolute atomic E-state index is 12.1. The Bertz CT molecular complexity index is 183. The number of methoxy groups -OCH3 is 1. The molecule has 0 amide bonds. The molecule has 0 bridgehead atoms. The van der Waals surface area contributed by atoms with E-state index in [4.69, 9.17) is 4.74 Å². The van der Waals surface area contributed by atoms with E-state index in [1.54, 1.807) is 7.11 Å².